The van der Waals surface area contributed by atoms with E-state index < -0.39 is 5.97 Å². The van der Waals surface area contributed by atoms with Crippen LogP contribution in [-0.4, -0.2) is 27.3 Å². The second-order valence-electron chi connectivity index (χ2n) is 4.57. The molecule has 0 heterocycles. The fourth-order valence-corrected chi connectivity index (χ4v) is 2.54. The first-order valence-electron chi connectivity index (χ1n) is 6.81. The van der Waals surface area contributed by atoms with Crippen LogP contribution in [0.2, 0.25) is 0 Å². The second-order valence-corrected chi connectivity index (χ2v) is 5.49. The minimum absolute atomic E-state index is 0.0721. The van der Waals surface area contributed by atoms with E-state index in [-0.39, 0.29) is 12.2 Å². The molecule has 0 radical (unpaired) electrons. The third-order valence-corrected chi connectivity index (χ3v) is 3.73. The van der Waals surface area contributed by atoms with Gasteiger partial charge in [-0.05, 0) is 30.3 Å². The number of hydrogen-bond acceptors (Lipinski definition) is 5. The summed E-state index contributed by atoms with van der Waals surface area (Å²) in [4.78, 5) is 12.4. The minimum atomic E-state index is -0.527. The average Bonchev–Trinajstić information content (AvgIpc) is 2.58. The van der Waals surface area contributed by atoms with Gasteiger partial charge in [-0.25, -0.2) is 4.79 Å². The maximum absolute atomic E-state index is 12.4. The molecule has 0 aromatic heterocycles. The van der Waals surface area contributed by atoms with Crippen LogP contribution in [0.3, 0.4) is 0 Å². The summed E-state index contributed by atoms with van der Waals surface area (Å²) in [5.41, 5.74) is 1.01. The Kier molecular flexibility index (Phi) is 5.87. The van der Waals surface area contributed by atoms with Gasteiger partial charge in [0.1, 0.15) is 29.4 Å². The Morgan fingerprint density at radius 3 is 2.13 bits per heavy atom. The number of carbonyl (C=O) groups is 1. The van der Waals surface area contributed by atoms with E-state index in [1.807, 2.05) is 12.1 Å². The van der Waals surface area contributed by atoms with Crippen molar-refractivity contribution in [3.8, 4) is 17.2 Å². The van der Waals surface area contributed by atoms with Gasteiger partial charge in [0.25, 0.3) is 0 Å². The molecule has 0 spiro atoms. The summed E-state index contributed by atoms with van der Waals surface area (Å²) in [6.07, 6.45) is 0. The molecule has 0 unspecified atom stereocenters. The molecule has 0 fully saturated rings. The van der Waals surface area contributed by atoms with E-state index in [4.69, 9.17) is 18.9 Å². The molecule has 6 heteroatoms. The Balaban J connectivity index is 2.22. The van der Waals surface area contributed by atoms with Crippen LogP contribution in [0, 0.1) is 0 Å². The molecule has 0 aliphatic heterocycles. The van der Waals surface area contributed by atoms with Crippen molar-refractivity contribution in [3.05, 3.63) is 52.0 Å². The number of esters is 1. The highest BCUT2D eigenvalue weighted by atomic mass is 79.9. The Labute approximate surface area is 143 Å². The summed E-state index contributed by atoms with van der Waals surface area (Å²) in [7, 11) is 4.55. The number of carbonyl (C=O) groups excluding carboxylic acids is 1. The summed E-state index contributed by atoms with van der Waals surface area (Å²) >= 11 is 3.39. The van der Waals surface area contributed by atoms with E-state index in [9.17, 15) is 4.79 Å². The third kappa shape index (κ3) is 3.96. The van der Waals surface area contributed by atoms with Crippen LogP contribution in [-0.2, 0) is 11.3 Å². The third-order valence-electron chi connectivity index (χ3n) is 3.23. The highest BCUT2D eigenvalue weighted by Gasteiger charge is 2.20. The fraction of sp³-hybridized carbons (Fsp3) is 0.235. The zero-order chi connectivity index (χ0) is 16.8. The number of methoxy groups -OCH3 is 3. The van der Waals surface area contributed by atoms with Crippen molar-refractivity contribution in [2.75, 3.05) is 21.3 Å². The van der Waals surface area contributed by atoms with Gasteiger partial charge in [-0.3, -0.25) is 0 Å². The molecule has 23 heavy (non-hydrogen) atoms. The molecule has 0 saturated heterocycles. The molecule has 0 atom stereocenters. The summed E-state index contributed by atoms with van der Waals surface area (Å²) in [5.74, 6) is 0.917. The smallest absolute Gasteiger partial charge is 0.346 e. The first kappa shape index (κ1) is 17.1. The molecule has 2 rings (SSSR count). The van der Waals surface area contributed by atoms with Crippen molar-refractivity contribution < 1.29 is 23.7 Å². The van der Waals surface area contributed by atoms with Gasteiger partial charge in [0, 0.05) is 10.0 Å². The molecule has 0 aliphatic rings. The molecule has 5 nitrogen and oxygen atoms in total. The maximum Gasteiger partial charge on any atom is 0.346 e. The molecule has 0 N–H and O–H groups in total. The van der Waals surface area contributed by atoms with E-state index in [2.05, 4.69) is 15.9 Å². The number of benzene rings is 2. The lowest BCUT2D eigenvalue weighted by Crippen LogP contribution is -2.09. The molecule has 0 bridgehead atoms. The van der Waals surface area contributed by atoms with Crippen LogP contribution in [0.15, 0.2) is 40.9 Å². The van der Waals surface area contributed by atoms with Crippen molar-refractivity contribution >= 4 is 21.9 Å². The minimum Gasteiger partial charge on any atom is -0.496 e. The number of halogens is 1. The molecule has 2 aromatic rings. The topological polar surface area (TPSA) is 54.0 Å². The monoisotopic (exact) mass is 380 g/mol. The van der Waals surface area contributed by atoms with E-state index in [1.54, 1.807) is 31.4 Å². The number of hydrogen-bond donors (Lipinski definition) is 0. The van der Waals surface area contributed by atoms with Crippen LogP contribution in [0.1, 0.15) is 15.9 Å². The zero-order valence-corrected chi connectivity index (χ0v) is 14.7. The predicted molar refractivity (Wildman–Crippen MR) is 89.4 cm³/mol. The van der Waals surface area contributed by atoms with Crippen LogP contribution >= 0.6 is 15.9 Å². The lowest BCUT2D eigenvalue weighted by atomic mass is 10.1. The standard InChI is InChI=1S/C17H17BrO5/c1-20-13-8-7-12(18)9-11(13)10-23-17(19)16-14(21-2)5-4-6-15(16)22-3/h4-9H,10H2,1-3H3. The first-order valence-corrected chi connectivity index (χ1v) is 7.60. The van der Waals surface area contributed by atoms with Crippen molar-refractivity contribution in [2.45, 2.75) is 6.61 Å². The summed E-state index contributed by atoms with van der Waals surface area (Å²) < 4.78 is 22.0. The van der Waals surface area contributed by atoms with Gasteiger partial charge < -0.3 is 18.9 Å². The molecular weight excluding hydrogens is 364 g/mol. The lowest BCUT2D eigenvalue weighted by Gasteiger charge is -2.13. The second kappa shape index (κ2) is 7.87. The summed E-state index contributed by atoms with van der Waals surface area (Å²) in [6, 6.07) is 10.6. The van der Waals surface area contributed by atoms with Crippen LogP contribution in [0.25, 0.3) is 0 Å². The van der Waals surface area contributed by atoms with Crippen LogP contribution in [0.5, 0.6) is 17.2 Å². The van der Waals surface area contributed by atoms with E-state index >= 15 is 0 Å². The Morgan fingerprint density at radius 2 is 1.57 bits per heavy atom. The van der Waals surface area contributed by atoms with Crippen molar-refractivity contribution in [2.24, 2.45) is 0 Å². The fourth-order valence-electron chi connectivity index (χ4n) is 2.13. The highest BCUT2D eigenvalue weighted by Crippen LogP contribution is 2.30. The van der Waals surface area contributed by atoms with Crippen molar-refractivity contribution in [1.29, 1.82) is 0 Å². The van der Waals surface area contributed by atoms with Gasteiger partial charge >= 0.3 is 5.97 Å². The molecule has 0 saturated carbocycles. The molecule has 0 aliphatic carbocycles. The maximum atomic E-state index is 12.4. The van der Waals surface area contributed by atoms with Gasteiger partial charge in [0.05, 0.1) is 21.3 Å². The highest BCUT2D eigenvalue weighted by molar-refractivity contribution is 9.10. The Morgan fingerprint density at radius 1 is 0.957 bits per heavy atom. The summed E-state index contributed by atoms with van der Waals surface area (Å²) in [6.45, 7) is 0.0721. The van der Waals surface area contributed by atoms with Crippen molar-refractivity contribution in [1.82, 2.24) is 0 Å². The Hall–Kier alpha value is -2.21. The number of rotatable bonds is 6. The van der Waals surface area contributed by atoms with Gasteiger partial charge in [-0.15, -0.1) is 0 Å². The largest absolute Gasteiger partial charge is 0.496 e. The van der Waals surface area contributed by atoms with Gasteiger partial charge in [0.2, 0.25) is 0 Å². The van der Waals surface area contributed by atoms with Crippen LogP contribution in [0.4, 0.5) is 0 Å². The van der Waals surface area contributed by atoms with Gasteiger partial charge in [-0.1, -0.05) is 22.0 Å². The lowest BCUT2D eigenvalue weighted by molar-refractivity contribution is 0.0462. The van der Waals surface area contributed by atoms with Crippen LogP contribution < -0.4 is 14.2 Å². The van der Waals surface area contributed by atoms with Gasteiger partial charge in [-0.2, -0.15) is 0 Å². The molecular formula is C17H17BrO5. The molecule has 2 aromatic carbocycles. The van der Waals surface area contributed by atoms with Crippen molar-refractivity contribution in [3.63, 3.8) is 0 Å². The van der Waals surface area contributed by atoms with E-state index in [1.165, 1.54) is 14.2 Å². The molecule has 0 amide bonds. The normalized spacial score (nSPS) is 10.1. The quantitative estimate of drug-likeness (QED) is 0.712. The summed E-state index contributed by atoms with van der Waals surface area (Å²) in [5, 5.41) is 0. The Bertz CT molecular complexity index is 677. The SMILES string of the molecule is COc1ccc(Br)cc1COC(=O)c1c(OC)cccc1OC. The van der Waals surface area contributed by atoms with Gasteiger partial charge in [0.15, 0.2) is 0 Å². The van der Waals surface area contributed by atoms with E-state index in [0.717, 1.165) is 10.0 Å². The zero-order valence-electron chi connectivity index (χ0n) is 13.1. The van der Waals surface area contributed by atoms with E-state index in [0.29, 0.717) is 17.2 Å². The average molecular weight is 381 g/mol. The number of ether oxygens (including phenoxy) is 4. The predicted octanol–water partition coefficient (Wildman–Crippen LogP) is 3.83. The first-order chi connectivity index (χ1) is 11.1. The molecule has 122 valence electrons.